The van der Waals surface area contributed by atoms with E-state index in [9.17, 15) is 5.11 Å². The predicted molar refractivity (Wildman–Crippen MR) is 98.8 cm³/mol. The van der Waals surface area contributed by atoms with Crippen LogP contribution >= 0.6 is 0 Å². The number of aliphatic hydroxyl groups is 1. The molecule has 0 saturated carbocycles. The van der Waals surface area contributed by atoms with Gasteiger partial charge in [0.1, 0.15) is 18.4 Å². The molecule has 2 aromatic rings. The smallest absolute Gasteiger partial charge is 0.144 e. The molecule has 0 amide bonds. The first-order valence-corrected chi connectivity index (χ1v) is 8.83. The van der Waals surface area contributed by atoms with Crippen LogP contribution in [0.15, 0.2) is 53.7 Å². The third-order valence-electron chi connectivity index (χ3n) is 4.76. The van der Waals surface area contributed by atoms with E-state index >= 15 is 0 Å². The van der Waals surface area contributed by atoms with Crippen molar-refractivity contribution in [1.82, 2.24) is 10.2 Å². The summed E-state index contributed by atoms with van der Waals surface area (Å²) in [4.78, 5) is 7.78. The van der Waals surface area contributed by atoms with Gasteiger partial charge in [0.25, 0.3) is 0 Å². The largest absolute Gasteiger partial charge is 0.392 e. The van der Waals surface area contributed by atoms with Crippen molar-refractivity contribution in [3.05, 3.63) is 59.7 Å². The number of aliphatic hydroxyl groups excluding tert-OH is 1. The quantitative estimate of drug-likeness (QED) is 0.696. The van der Waals surface area contributed by atoms with Crippen LogP contribution in [0.4, 0.5) is 0 Å². The van der Waals surface area contributed by atoms with Gasteiger partial charge in [0.15, 0.2) is 0 Å². The molecule has 0 aromatic heterocycles. The first-order valence-electron chi connectivity index (χ1n) is 8.83. The van der Waals surface area contributed by atoms with Gasteiger partial charge < -0.3 is 15.3 Å². The highest BCUT2D eigenvalue weighted by Crippen LogP contribution is 2.36. The van der Waals surface area contributed by atoms with Crippen molar-refractivity contribution in [2.75, 3.05) is 39.3 Å². The van der Waals surface area contributed by atoms with Crippen LogP contribution in [0.25, 0.3) is 11.1 Å². The molecule has 2 aromatic carbocycles. The highest BCUT2D eigenvalue weighted by molar-refractivity contribution is 6.24. The molecule has 4 rings (SSSR count). The van der Waals surface area contributed by atoms with Crippen LogP contribution in [-0.2, 0) is 4.84 Å². The van der Waals surface area contributed by atoms with E-state index in [-0.39, 0.29) is 6.61 Å². The summed E-state index contributed by atoms with van der Waals surface area (Å²) in [6.45, 7) is 4.71. The van der Waals surface area contributed by atoms with Crippen LogP contribution in [0.5, 0.6) is 0 Å². The van der Waals surface area contributed by atoms with Crippen molar-refractivity contribution in [3.8, 4) is 11.1 Å². The lowest BCUT2D eigenvalue weighted by molar-refractivity contribution is 0.0172. The van der Waals surface area contributed by atoms with Gasteiger partial charge in [0.05, 0.1) is 0 Å². The number of nitrogens with zero attached hydrogens (tertiary/aromatic N) is 2. The summed E-state index contributed by atoms with van der Waals surface area (Å²) in [6.07, 6.45) is -0.533. The third-order valence-corrected chi connectivity index (χ3v) is 4.76. The fraction of sp³-hybridized carbons (Fsp3) is 0.350. The molecule has 130 valence electrons. The number of piperazine rings is 1. The van der Waals surface area contributed by atoms with E-state index in [4.69, 9.17) is 4.84 Å². The normalized spacial score (nSPS) is 17.7. The summed E-state index contributed by atoms with van der Waals surface area (Å²) >= 11 is 0. The van der Waals surface area contributed by atoms with Crippen molar-refractivity contribution in [2.24, 2.45) is 5.16 Å². The van der Waals surface area contributed by atoms with Crippen LogP contribution in [0, 0.1) is 0 Å². The van der Waals surface area contributed by atoms with Gasteiger partial charge >= 0.3 is 0 Å². The second-order valence-electron chi connectivity index (χ2n) is 6.53. The molecule has 5 heteroatoms. The highest BCUT2D eigenvalue weighted by Gasteiger charge is 2.24. The molecule has 2 N–H and O–H groups in total. The molecular formula is C20H23N3O2. The first-order chi connectivity index (χ1) is 12.3. The molecule has 1 saturated heterocycles. The Bertz CT molecular complexity index is 722. The van der Waals surface area contributed by atoms with Gasteiger partial charge in [-0.2, -0.15) is 0 Å². The Morgan fingerprint density at radius 2 is 1.52 bits per heavy atom. The summed E-state index contributed by atoms with van der Waals surface area (Å²) in [6, 6.07) is 16.4. The zero-order valence-electron chi connectivity index (χ0n) is 14.2. The van der Waals surface area contributed by atoms with Crippen LogP contribution < -0.4 is 5.32 Å². The molecule has 0 bridgehead atoms. The number of rotatable bonds is 5. The summed E-state index contributed by atoms with van der Waals surface area (Å²) in [7, 11) is 0. The third kappa shape index (κ3) is 3.44. The first kappa shape index (κ1) is 16.3. The van der Waals surface area contributed by atoms with Gasteiger partial charge in [0, 0.05) is 43.9 Å². The molecule has 1 heterocycles. The molecule has 25 heavy (non-hydrogen) atoms. The average Bonchev–Trinajstić information content (AvgIpc) is 2.97. The van der Waals surface area contributed by atoms with Gasteiger partial charge in [-0.1, -0.05) is 53.7 Å². The van der Waals surface area contributed by atoms with Crippen molar-refractivity contribution < 1.29 is 9.94 Å². The summed E-state index contributed by atoms with van der Waals surface area (Å²) < 4.78 is 0. The van der Waals surface area contributed by atoms with Crippen LogP contribution in [-0.4, -0.2) is 61.2 Å². The zero-order valence-corrected chi connectivity index (χ0v) is 14.2. The maximum absolute atomic E-state index is 10.2. The van der Waals surface area contributed by atoms with Crippen LogP contribution in [0.2, 0.25) is 0 Å². The van der Waals surface area contributed by atoms with Gasteiger partial charge in [-0.3, -0.25) is 4.90 Å². The maximum Gasteiger partial charge on any atom is 0.144 e. The number of hydrogen-bond donors (Lipinski definition) is 2. The van der Waals surface area contributed by atoms with E-state index in [1.165, 1.54) is 11.1 Å². The topological polar surface area (TPSA) is 57.1 Å². The predicted octanol–water partition coefficient (Wildman–Crippen LogP) is 1.70. The van der Waals surface area contributed by atoms with E-state index in [0.29, 0.717) is 6.54 Å². The summed E-state index contributed by atoms with van der Waals surface area (Å²) in [5.41, 5.74) is 5.38. The van der Waals surface area contributed by atoms with Gasteiger partial charge in [-0.15, -0.1) is 0 Å². The van der Waals surface area contributed by atoms with E-state index in [1.807, 2.05) is 24.3 Å². The molecular weight excluding hydrogens is 314 g/mol. The van der Waals surface area contributed by atoms with E-state index in [0.717, 1.165) is 43.0 Å². The number of nitrogens with one attached hydrogen (secondary N) is 1. The lowest BCUT2D eigenvalue weighted by Gasteiger charge is -2.28. The van der Waals surface area contributed by atoms with Gasteiger partial charge in [-0.05, 0) is 11.1 Å². The molecule has 0 radical (unpaired) electrons. The molecule has 0 spiro atoms. The Morgan fingerprint density at radius 1 is 0.960 bits per heavy atom. The Balaban J connectivity index is 1.44. The van der Waals surface area contributed by atoms with Gasteiger partial charge in [0.2, 0.25) is 0 Å². The molecule has 0 unspecified atom stereocenters. The molecule has 2 aliphatic rings. The minimum Gasteiger partial charge on any atom is -0.392 e. The molecule has 1 atom stereocenters. The Hall–Kier alpha value is -2.21. The highest BCUT2D eigenvalue weighted by atomic mass is 16.6. The lowest BCUT2D eigenvalue weighted by atomic mass is 10.1. The Kier molecular flexibility index (Phi) is 4.78. The summed E-state index contributed by atoms with van der Waals surface area (Å²) in [5, 5.41) is 17.9. The lowest BCUT2D eigenvalue weighted by Crippen LogP contribution is -2.46. The van der Waals surface area contributed by atoms with Crippen molar-refractivity contribution in [2.45, 2.75) is 6.10 Å². The number of fused-ring (bicyclic) bond motifs is 3. The SMILES string of the molecule is O[C@H](CON=C1c2ccccc2-c2ccccc21)CN1CCNCC1. The maximum atomic E-state index is 10.2. The number of hydrogen-bond acceptors (Lipinski definition) is 5. The standard InChI is InChI=1S/C20H23N3O2/c24-15(13-23-11-9-21-10-12-23)14-25-22-20-18-7-3-1-5-16(18)17-6-2-4-8-19(17)20/h1-8,15,21,24H,9-14H2/t15-/m0/s1. The monoisotopic (exact) mass is 337 g/mol. The van der Waals surface area contributed by atoms with E-state index in [1.54, 1.807) is 0 Å². The molecule has 5 nitrogen and oxygen atoms in total. The van der Waals surface area contributed by atoms with Gasteiger partial charge in [-0.25, -0.2) is 0 Å². The van der Waals surface area contributed by atoms with Crippen molar-refractivity contribution in [1.29, 1.82) is 0 Å². The number of β-amino-alcohol motifs (C(OH)–C–C–N with tert-alkyl or cyclic N) is 1. The Labute approximate surface area is 147 Å². The zero-order chi connectivity index (χ0) is 17.1. The second-order valence-corrected chi connectivity index (χ2v) is 6.53. The fourth-order valence-electron chi connectivity index (χ4n) is 3.52. The van der Waals surface area contributed by atoms with Crippen LogP contribution in [0.1, 0.15) is 11.1 Å². The van der Waals surface area contributed by atoms with Crippen molar-refractivity contribution in [3.63, 3.8) is 0 Å². The van der Waals surface area contributed by atoms with Crippen molar-refractivity contribution >= 4 is 5.71 Å². The molecule has 1 aliphatic carbocycles. The second kappa shape index (κ2) is 7.35. The minimum absolute atomic E-state index is 0.206. The summed E-state index contributed by atoms with van der Waals surface area (Å²) in [5.74, 6) is 0. The number of oxime groups is 1. The Morgan fingerprint density at radius 3 is 2.12 bits per heavy atom. The number of benzene rings is 2. The minimum atomic E-state index is -0.533. The fourth-order valence-corrected chi connectivity index (χ4v) is 3.52. The van der Waals surface area contributed by atoms with E-state index < -0.39 is 6.10 Å². The van der Waals surface area contributed by atoms with Crippen LogP contribution in [0.3, 0.4) is 0 Å². The molecule has 1 aliphatic heterocycles. The average molecular weight is 337 g/mol. The van der Waals surface area contributed by atoms with E-state index in [2.05, 4.69) is 39.6 Å². The molecule has 1 fully saturated rings.